The van der Waals surface area contributed by atoms with E-state index in [1.807, 2.05) is 46.2 Å². The summed E-state index contributed by atoms with van der Waals surface area (Å²) in [6.07, 6.45) is 10.3. The maximum absolute atomic E-state index is 15.5. The standard InChI is InChI=1S/C58H60N6O4S4.C47H50N4O6/c1-69-49-21-13-45(14-22-49)63(46-15-23-50(70-2)24-16-46)43-9-5-41(6-10-43)55-53-54(58(66)61(55)31-29-59-33-37-67-38-34-59)56(62(57(53)65)32-30-60-35-39-68-40-36-60)42-7-11-44(12-8-42)64(47-17-25-51(71-3)26-18-47)48-19-27-52(72-4)28-20-48;1-5-33-10-12-34(13-11-33)44-42-43(47(53)49(44)26-24-40-54-28-29-55-40)45(50(46(42)52)27-25-41-56-30-31-57-41)35-14-18-38(19-15-35)51(37-16-8-32(4)9-17-37)39-22-20-36(21-23-39)48(6-2)7-3/h5-28H,29-40H2,1-4H3;5,8-23,40-41H,1,6-7,24-31H2,2-4H3. The van der Waals surface area contributed by atoms with Gasteiger partial charge in [0.2, 0.25) is 0 Å². The Labute approximate surface area is 774 Å². The molecule has 8 aliphatic heterocycles. The van der Waals surface area contributed by atoms with Gasteiger partial charge >= 0.3 is 0 Å². The third kappa shape index (κ3) is 19.6. The van der Waals surface area contributed by atoms with Crippen molar-refractivity contribution < 1.29 is 47.6 Å². The highest BCUT2D eigenvalue weighted by Gasteiger charge is 2.51. The van der Waals surface area contributed by atoms with Crippen LogP contribution in [0.1, 0.15) is 60.1 Å². The van der Waals surface area contributed by atoms with Crippen molar-refractivity contribution in [2.45, 2.75) is 65.8 Å². The van der Waals surface area contributed by atoms with Gasteiger partial charge < -0.3 is 67.6 Å². The number of carbonyl (C=O) groups excluding carboxylic acids is 4. The minimum absolute atomic E-state index is 0.146. The number of fused-ring (bicyclic) bond motifs is 2. The fourth-order valence-corrected chi connectivity index (χ4v) is 19.7. The number of rotatable bonds is 33. The smallest absolute Gasteiger partial charge is 0.261 e. The molecule has 0 aromatic heterocycles. The van der Waals surface area contributed by atoms with Gasteiger partial charge in [-0.15, -0.1) is 47.0 Å². The van der Waals surface area contributed by atoms with E-state index >= 15 is 9.59 Å². The summed E-state index contributed by atoms with van der Waals surface area (Å²) in [7, 11) is 0. The van der Waals surface area contributed by atoms with Crippen molar-refractivity contribution in [3.8, 4) is 0 Å². The van der Waals surface area contributed by atoms with Gasteiger partial charge in [0.05, 0.1) is 97.9 Å². The topological polar surface area (TPSA) is 156 Å². The third-order valence-corrected chi connectivity index (χ3v) is 27.9. The van der Waals surface area contributed by atoms with Crippen LogP contribution < -0.4 is 19.6 Å². The number of aryl methyl sites for hydroxylation is 1. The van der Waals surface area contributed by atoms with Gasteiger partial charge in [-0.1, -0.05) is 91.0 Å². The van der Waals surface area contributed by atoms with Crippen molar-refractivity contribution in [2.75, 3.05) is 176 Å². The van der Waals surface area contributed by atoms with Crippen LogP contribution in [0.3, 0.4) is 0 Å². The number of morpholine rings is 2. The zero-order valence-electron chi connectivity index (χ0n) is 74.3. The molecule has 8 aliphatic rings. The minimum Gasteiger partial charge on any atom is -0.379 e. The third-order valence-electron chi connectivity index (χ3n) is 24.9. The number of anilines is 10. The van der Waals surface area contributed by atoms with Gasteiger partial charge in [0.15, 0.2) is 12.6 Å². The molecule has 0 atom stereocenters. The fourth-order valence-electron chi connectivity index (χ4n) is 18.0. The predicted molar refractivity (Wildman–Crippen MR) is 525 cm³/mol. The monoisotopic (exact) mass is 1800 g/mol. The summed E-state index contributed by atoms with van der Waals surface area (Å²) >= 11 is 6.88. The van der Waals surface area contributed by atoms with E-state index in [2.05, 4.69) is 288 Å². The normalized spacial score (nSPS) is 16.9. The summed E-state index contributed by atoms with van der Waals surface area (Å²) in [5.41, 5.74) is 19.8. The first-order chi connectivity index (χ1) is 63.2. The lowest BCUT2D eigenvalue weighted by atomic mass is 10.0. The van der Waals surface area contributed by atoms with E-state index in [-0.39, 0.29) is 23.6 Å². The van der Waals surface area contributed by atoms with E-state index in [9.17, 15) is 9.59 Å². The number of amides is 4. The molecule has 0 unspecified atom stereocenters. The fraction of sp³-hybridized carbons (Fsp3) is 0.295. The predicted octanol–water partition coefficient (Wildman–Crippen LogP) is 20.3. The Morgan fingerprint density at radius 3 is 0.822 bits per heavy atom. The van der Waals surface area contributed by atoms with Crippen LogP contribution in [0.15, 0.2) is 291 Å². The number of ether oxygens (including phenoxy) is 6. The van der Waals surface area contributed by atoms with E-state index in [1.54, 1.807) is 62.9 Å². The first-order valence-corrected chi connectivity index (χ1v) is 49.4. The minimum atomic E-state index is -0.415. The molecule has 4 fully saturated rings. The molecule has 0 spiro atoms. The number of thioether (sulfide) groups is 4. The van der Waals surface area contributed by atoms with Crippen molar-refractivity contribution in [2.24, 2.45) is 0 Å². The molecule has 18 rings (SSSR count). The van der Waals surface area contributed by atoms with Gasteiger partial charge in [-0.3, -0.25) is 29.0 Å². The lowest BCUT2D eigenvalue weighted by Crippen LogP contribution is -2.42. The van der Waals surface area contributed by atoms with Crippen LogP contribution in [0.5, 0.6) is 0 Å². The lowest BCUT2D eigenvalue weighted by Gasteiger charge is -2.31. The van der Waals surface area contributed by atoms with Crippen molar-refractivity contribution in [1.82, 2.24) is 29.4 Å². The molecule has 10 aromatic carbocycles. The Kier molecular flexibility index (Phi) is 29.2. The van der Waals surface area contributed by atoms with Crippen molar-refractivity contribution in [1.29, 1.82) is 0 Å². The zero-order valence-corrected chi connectivity index (χ0v) is 77.5. The second-order valence-corrected chi connectivity index (χ2v) is 35.9. The molecule has 0 saturated carbocycles. The van der Waals surface area contributed by atoms with Gasteiger partial charge in [-0.2, -0.15) is 0 Å². The summed E-state index contributed by atoms with van der Waals surface area (Å²) in [6.45, 7) is 22.9. The highest BCUT2D eigenvalue weighted by molar-refractivity contribution is 7.99. The highest BCUT2D eigenvalue weighted by atomic mass is 32.2. The van der Waals surface area contributed by atoms with Gasteiger partial charge in [0.1, 0.15) is 0 Å². The first-order valence-electron chi connectivity index (χ1n) is 44.5. The molecule has 10 aromatic rings. The Morgan fingerprint density at radius 2 is 0.558 bits per heavy atom. The number of nitrogens with zero attached hydrogens (tertiary/aromatic N) is 10. The number of carbonyl (C=O) groups is 4. The van der Waals surface area contributed by atoms with Crippen molar-refractivity contribution in [3.63, 3.8) is 0 Å². The van der Waals surface area contributed by atoms with E-state index in [1.165, 1.54) is 30.8 Å². The van der Waals surface area contributed by atoms with Crippen LogP contribution in [-0.4, -0.2) is 222 Å². The molecule has 24 heteroatoms. The van der Waals surface area contributed by atoms with E-state index in [0.717, 1.165) is 118 Å². The van der Waals surface area contributed by atoms with Crippen LogP contribution in [0.2, 0.25) is 0 Å². The summed E-state index contributed by atoms with van der Waals surface area (Å²) in [6, 6.07) is 84.4. The average Bonchev–Trinajstić information content (AvgIpc) is 1.56. The Balaban J connectivity index is 0.000000186. The summed E-state index contributed by atoms with van der Waals surface area (Å²) in [5, 5.41) is 0. The summed E-state index contributed by atoms with van der Waals surface area (Å²) in [5.74, 6) is -0.729. The molecule has 0 bridgehead atoms. The lowest BCUT2D eigenvalue weighted by molar-refractivity contribution is -0.125. The van der Waals surface area contributed by atoms with Gasteiger partial charge in [0, 0.05) is 168 Å². The maximum Gasteiger partial charge on any atom is 0.261 e. The van der Waals surface area contributed by atoms with Crippen LogP contribution in [0, 0.1) is 6.92 Å². The molecule has 664 valence electrons. The number of benzene rings is 10. The van der Waals surface area contributed by atoms with E-state index < -0.39 is 12.6 Å². The molecule has 0 aliphatic carbocycles. The molecule has 8 heterocycles. The van der Waals surface area contributed by atoms with Gasteiger partial charge in [-0.25, -0.2) is 0 Å². The summed E-state index contributed by atoms with van der Waals surface area (Å²) < 4.78 is 34.4. The van der Waals surface area contributed by atoms with Gasteiger partial charge in [0.25, 0.3) is 23.6 Å². The quantitative estimate of drug-likeness (QED) is 0.0358. The Morgan fingerprint density at radius 1 is 0.318 bits per heavy atom. The van der Waals surface area contributed by atoms with Crippen molar-refractivity contribution >= 4 is 156 Å². The molecule has 0 N–H and O–H groups in total. The molecular weight excluding hydrogens is 1690 g/mol. The largest absolute Gasteiger partial charge is 0.379 e. The van der Waals surface area contributed by atoms with Crippen LogP contribution in [0.25, 0.3) is 28.9 Å². The Hall–Kier alpha value is -10.9. The maximum atomic E-state index is 15.5. The van der Waals surface area contributed by atoms with E-state index in [0.29, 0.717) is 150 Å². The SMILES string of the molecule is C=Cc1ccc(C2=C3C(=O)N(CCC4OCCO4)C(c4ccc(N(c5ccc(C)cc5)c5ccc(N(CC)CC)cc5)cc4)=C3C(=O)N2CCC2OCCO2)cc1.CSc1ccc(N(c2ccc(SC)cc2)c2ccc(C3=C4C(=O)N(CCN5CCOCC5)C(c5ccc(N(c6ccc(SC)cc6)c6ccc(SC)cc6)cc5)=C4C(=O)N3CCN3CCOCC3)cc2)cc1. The molecule has 4 amide bonds. The number of hydrogen-bond donors (Lipinski definition) is 0. The highest BCUT2D eigenvalue weighted by Crippen LogP contribution is 2.51. The first kappa shape index (κ1) is 90.0. The Bertz CT molecular complexity index is 5460. The van der Waals surface area contributed by atoms with Crippen molar-refractivity contribution in [3.05, 3.63) is 305 Å². The second kappa shape index (κ2) is 41.9. The number of hydrogen-bond acceptors (Lipinski definition) is 20. The van der Waals surface area contributed by atoms with E-state index in [4.69, 9.17) is 28.4 Å². The van der Waals surface area contributed by atoms with Crippen LogP contribution in [-0.2, 0) is 47.6 Å². The van der Waals surface area contributed by atoms with Gasteiger partial charge in [-0.05, 0) is 243 Å². The van der Waals surface area contributed by atoms with Crippen LogP contribution >= 0.6 is 47.0 Å². The molecule has 20 nitrogen and oxygen atoms in total. The molecule has 4 saturated heterocycles. The molecular formula is C105H110N10O10S4. The molecule has 129 heavy (non-hydrogen) atoms. The molecule has 0 radical (unpaired) electrons. The summed E-state index contributed by atoms with van der Waals surface area (Å²) in [4.78, 5) is 86.3. The zero-order chi connectivity index (χ0) is 89.0. The average molecular weight is 1800 g/mol. The van der Waals surface area contributed by atoms with Crippen LogP contribution in [0.4, 0.5) is 56.9 Å². The second-order valence-electron chi connectivity index (χ2n) is 32.3.